The van der Waals surface area contributed by atoms with Crippen molar-refractivity contribution in [1.29, 1.82) is 0 Å². The molecule has 1 atom stereocenters. The summed E-state index contributed by atoms with van der Waals surface area (Å²) in [6.07, 6.45) is 0.535. The SMILES string of the molecule is CC[C@@H](C)c1c(O)c(F)cc2c1c(OC(C)=O)c(C)n2C(=O)c1ccc(F)c(F)c1. The average Bonchev–Trinajstić information content (AvgIpc) is 2.94. The Bertz CT molecular complexity index is 1180. The number of hydrogen-bond acceptors (Lipinski definition) is 4. The molecule has 158 valence electrons. The Kier molecular flexibility index (Phi) is 5.61. The summed E-state index contributed by atoms with van der Waals surface area (Å²) in [5.74, 6) is -5.64. The summed E-state index contributed by atoms with van der Waals surface area (Å²) in [4.78, 5) is 24.8. The number of phenols is 1. The van der Waals surface area contributed by atoms with Gasteiger partial charge in [-0.25, -0.2) is 13.2 Å². The highest BCUT2D eigenvalue weighted by Crippen LogP contribution is 2.44. The third-order valence-corrected chi connectivity index (χ3v) is 5.12. The van der Waals surface area contributed by atoms with Crippen LogP contribution in [0.15, 0.2) is 24.3 Å². The molecule has 0 saturated heterocycles. The van der Waals surface area contributed by atoms with Crippen LogP contribution in [0.2, 0.25) is 0 Å². The standard InChI is InChI=1S/C22H20F3NO4/c1-5-10(2)18-19-17(9-16(25)20(18)28)26(11(3)21(19)30-12(4)27)22(29)13-6-7-14(23)15(24)8-13/h6-10,28H,5H2,1-4H3/t10-/m1/s1. The van der Waals surface area contributed by atoms with Gasteiger partial charge < -0.3 is 9.84 Å². The zero-order valence-corrected chi connectivity index (χ0v) is 16.8. The van der Waals surface area contributed by atoms with E-state index < -0.39 is 35.1 Å². The highest BCUT2D eigenvalue weighted by atomic mass is 19.2. The monoisotopic (exact) mass is 419 g/mol. The molecule has 0 radical (unpaired) electrons. The van der Waals surface area contributed by atoms with Crippen molar-refractivity contribution < 1.29 is 32.6 Å². The molecule has 0 aliphatic rings. The van der Waals surface area contributed by atoms with Gasteiger partial charge in [-0.2, -0.15) is 0 Å². The molecule has 0 saturated carbocycles. The number of phenolic OH excluding ortho intramolecular Hbond substituents is 1. The first-order valence-corrected chi connectivity index (χ1v) is 9.32. The predicted octanol–water partition coefficient (Wildman–Crippen LogP) is 5.20. The van der Waals surface area contributed by atoms with Gasteiger partial charge in [0.25, 0.3) is 5.91 Å². The van der Waals surface area contributed by atoms with Crippen LogP contribution in [0.25, 0.3) is 10.9 Å². The van der Waals surface area contributed by atoms with Crippen molar-refractivity contribution in [3.63, 3.8) is 0 Å². The van der Waals surface area contributed by atoms with Crippen molar-refractivity contribution in [3.8, 4) is 11.5 Å². The van der Waals surface area contributed by atoms with Crippen LogP contribution < -0.4 is 4.74 Å². The Morgan fingerprint density at radius 2 is 1.80 bits per heavy atom. The van der Waals surface area contributed by atoms with E-state index >= 15 is 0 Å². The Balaban J connectivity index is 2.41. The molecule has 3 rings (SSSR count). The molecule has 2 aromatic carbocycles. The summed E-state index contributed by atoms with van der Waals surface area (Å²) in [5, 5.41) is 10.6. The lowest BCUT2D eigenvalue weighted by Crippen LogP contribution is -2.14. The van der Waals surface area contributed by atoms with Gasteiger partial charge in [-0.3, -0.25) is 14.2 Å². The van der Waals surface area contributed by atoms with E-state index in [2.05, 4.69) is 0 Å². The molecule has 1 heterocycles. The largest absolute Gasteiger partial charge is 0.505 e. The van der Waals surface area contributed by atoms with E-state index in [1.165, 1.54) is 13.8 Å². The molecule has 0 bridgehead atoms. The number of halogens is 3. The Hall–Kier alpha value is -3.29. The van der Waals surface area contributed by atoms with Gasteiger partial charge in [-0.1, -0.05) is 13.8 Å². The first-order valence-electron chi connectivity index (χ1n) is 9.32. The lowest BCUT2D eigenvalue weighted by molar-refractivity contribution is -0.131. The topological polar surface area (TPSA) is 68.5 Å². The second kappa shape index (κ2) is 7.85. The minimum atomic E-state index is -1.21. The number of ether oxygens (including phenoxy) is 1. The lowest BCUT2D eigenvalue weighted by Gasteiger charge is -2.15. The summed E-state index contributed by atoms with van der Waals surface area (Å²) >= 11 is 0. The Morgan fingerprint density at radius 1 is 1.13 bits per heavy atom. The molecular formula is C22H20F3NO4. The first-order chi connectivity index (χ1) is 14.1. The molecule has 0 unspecified atom stereocenters. The fourth-order valence-electron chi connectivity index (χ4n) is 3.50. The van der Waals surface area contributed by atoms with Crippen molar-refractivity contribution in [2.75, 3.05) is 0 Å². The molecule has 8 heteroatoms. The van der Waals surface area contributed by atoms with Gasteiger partial charge in [0.05, 0.1) is 16.6 Å². The van der Waals surface area contributed by atoms with E-state index in [0.717, 1.165) is 28.8 Å². The number of aromatic nitrogens is 1. The van der Waals surface area contributed by atoms with Crippen molar-refractivity contribution in [2.45, 2.75) is 40.0 Å². The van der Waals surface area contributed by atoms with E-state index in [0.29, 0.717) is 6.42 Å². The van der Waals surface area contributed by atoms with E-state index in [1.807, 2.05) is 6.92 Å². The zero-order valence-electron chi connectivity index (χ0n) is 16.8. The minimum Gasteiger partial charge on any atom is -0.505 e. The van der Waals surface area contributed by atoms with Gasteiger partial charge >= 0.3 is 5.97 Å². The van der Waals surface area contributed by atoms with Gasteiger partial charge in [-0.05, 0) is 37.5 Å². The third kappa shape index (κ3) is 3.42. The number of carbonyl (C=O) groups is 2. The summed E-state index contributed by atoms with van der Waals surface area (Å²) in [6, 6.07) is 3.60. The van der Waals surface area contributed by atoms with Crippen LogP contribution in [0.5, 0.6) is 11.5 Å². The molecule has 5 nitrogen and oxygen atoms in total. The highest BCUT2D eigenvalue weighted by Gasteiger charge is 2.29. The summed E-state index contributed by atoms with van der Waals surface area (Å²) in [5.41, 5.74) is 0.221. The molecule has 0 aliphatic carbocycles. The summed E-state index contributed by atoms with van der Waals surface area (Å²) < 4.78 is 47.9. The Morgan fingerprint density at radius 3 is 2.37 bits per heavy atom. The first kappa shape index (κ1) is 21.4. The number of fused-ring (bicyclic) bond motifs is 1. The normalized spacial score (nSPS) is 12.2. The summed E-state index contributed by atoms with van der Waals surface area (Å²) in [6.45, 7) is 6.25. The van der Waals surface area contributed by atoms with Crippen molar-refractivity contribution in [2.24, 2.45) is 0 Å². The van der Waals surface area contributed by atoms with E-state index in [-0.39, 0.29) is 39.4 Å². The number of benzene rings is 2. The minimum absolute atomic E-state index is 0.000895. The quantitative estimate of drug-likeness (QED) is 0.590. The molecule has 30 heavy (non-hydrogen) atoms. The number of hydrogen-bond donors (Lipinski definition) is 1. The molecular weight excluding hydrogens is 399 g/mol. The van der Waals surface area contributed by atoms with Crippen molar-refractivity contribution in [3.05, 3.63) is 58.5 Å². The number of nitrogens with zero attached hydrogens (tertiary/aromatic N) is 1. The van der Waals surface area contributed by atoms with Crippen molar-refractivity contribution in [1.82, 2.24) is 4.57 Å². The Labute approximate surface area is 170 Å². The second-order valence-corrected chi connectivity index (χ2v) is 7.10. The number of carbonyl (C=O) groups excluding carboxylic acids is 2. The van der Waals surface area contributed by atoms with Crippen LogP contribution in [-0.4, -0.2) is 21.6 Å². The molecule has 0 aliphatic heterocycles. The maximum atomic E-state index is 14.6. The highest BCUT2D eigenvalue weighted by molar-refractivity contribution is 6.07. The van der Waals surface area contributed by atoms with Crippen LogP contribution in [0.3, 0.4) is 0 Å². The van der Waals surface area contributed by atoms with E-state index in [1.54, 1.807) is 6.92 Å². The second-order valence-electron chi connectivity index (χ2n) is 7.10. The molecule has 3 aromatic rings. The predicted molar refractivity (Wildman–Crippen MR) is 104 cm³/mol. The fraction of sp³-hybridized carbons (Fsp3) is 0.273. The maximum absolute atomic E-state index is 14.6. The van der Waals surface area contributed by atoms with Crippen LogP contribution in [0.4, 0.5) is 13.2 Å². The average molecular weight is 419 g/mol. The van der Waals surface area contributed by atoms with Crippen LogP contribution >= 0.6 is 0 Å². The molecule has 0 spiro atoms. The van der Waals surface area contributed by atoms with E-state index in [4.69, 9.17) is 4.74 Å². The van der Waals surface area contributed by atoms with Crippen LogP contribution in [0, 0.1) is 24.4 Å². The number of rotatable bonds is 4. The molecule has 1 N–H and O–H groups in total. The zero-order chi connectivity index (χ0) is 22.3. The summed E-state index contributed by atoms with van der Waals surface area (Å²) in [7, 11) is 0. The van der Waals surface area contributed by atoms with Gasteiger partial charge in [-0.15, -0.1) is 0 Å². The van der Waals surface area contributed by atoms with Crippen LogP contribution in [-0.2, 0) is 4.79 Å². The van der Waals surface area contributed by atoms with Crippen LogP contribution in [0.1, 0.15) is 54.7 Å². The van der Waals surface area contributed by atoms with Crippen molar-refractivity contribution >= 4 is 22.8 Å². The lowest BCUT2D eigenvalue weighted by atomic mass is 9.93. The molecule has 0 fully saturated rings. The van der Waals surface area contributed by atoms with Gasteiger partial charge in [0.15, 0.2) is 29.0 Å². The third-order valence-electron chi connectivity index (χ3n) is 5.12. The smallest absolute Gasteiger partial charge is 0.308 e. The van der Waals surface area contributed by atoms with Gasteiger partial charge in [0.2, 0.25) is 0 Å². The maximum Gasteiger partial charge on any atom is 0.308 e. The molecule has 0 amide bonds. The fourth-order valence-corrected chi connectivity index (χ4v) is 3.50. The molecule has 1 aromatic heterocycles. The van der Waals surface area contributed by atoms with Gasteiger partial charge in [0, 0.05) is 24.1 Å². The van der Waals surface area contributed by atoms with Gasteiger partial charge in [0.1, 0.15) is 0 Å². The van der Waals surface area contributed by atoms with E-state index in [9.17, 15) is 27.9 Å². The number of esters is 1. The number of aromatic hydroxyl groups is 1.